The normalized spacial score (nSPS) is 16.6. The second-order valence-corrected chi connectivity index (χ2v) is 6.19. The van der Waals surface area contributed by atoms with Gasteiger partial charge in [-0.25, -0.2) is 21.9 Å². The summed E-state index contributed by atoms with van der Waals surface area (Å²) in [5, 5.41) is 0. The van der Waals surface area contributed by atoms with E-state index in [0.29, 0.717) is 12.0 Å². The van der Waals surface area contributed by atoms with Gasteiger partial charge in [0.1, 0.15) is 16.5 Å². The molecule has 0 radical (unpaired) electrons. The molecule has 100 valence electrons. The summed E-state index contributed by atoms with van der Waals surface area (Å²) in [5.41, 5.74) is 4.86. The van der Waals surface area contributed by atoms with Crippen LogP contribution in [0.15, 0.2) is 17.0 Å². The Kier molecular flexibility index (Phi) is 3.54. The second kappa shape index (κ2) is 4.81. The number of anilines is 1. The first kappa shape index (κ1) is 13.2. The molecule has 1 aromatic carbocycles. The highest BCUT2D eigenvalue weighted by atomic mass is 32.2. The van der Waals surface area contributed by atoms with Gasteiger partial charge in [0.25, 0.3) is 0 Å². The molecule has 3 N–H and O–H groups in total. The van der Waals surface area contributed by atoms with Crippen LogP contribution in [0.2, 0.25) is 0 Å². The maximum atomic E-state index is 13.4. The van der Waals surface area contributed by atoms with Crippen molar-refractivity contribution in [2.24, 2.45) is 5.92 Å². The van der Waals surface area contributed by atoms with Crippen LogP contribution < -0.4 is 10.5 Å². The lowest BCUT2D eigenvalue weighted by molar-refractivity contribution is 0.316. The molecule has 0 unspecified atom stereocenters. The zero-order chi connectivity index (χ0) is 13.3. The first-order valence-corrected chi connectivity index (χ1v) is 7.12. The summed E-state index contributed by atoms with van der Waals surface area (Å²) in [4.78, 5) is -0.610. The molecular weight excluding hydrogens is 262 g/mol. The van der Waals surface area contributed by atoms with Gasteiger partial charge >= 0.3 is 0 Å². The van der Waals surface area contributed by atoms with Gasteiger partial charge in [-0.15, -0.1) is 0 Å². The number of nitrogen functional groups attached to an aromatic ring is 1. The van der Waals surface area contributed by atoms with Gasteiger partial charge in [0.2, 0.25) is 10.0 Å². The fraction of sp³-hybridized carbons (Fsp3) is 0.455. The summed E-state index contributed by atoms with van der Waals surface area (Å²) in [7, 11) is -3.97. The van der Waals surface area contributed by atoms with Crippen molar-refractivity contribution in [3.63, 3.8) is 0 Å². The topological polar surface area (TPSA) is 72.2 Å². The molecule has 1 saturated carbocycles. The van der Waals surface area contributed by atoms with Crippen molar-refractivity contribution in [2.45, 2.75) is 24.2 Å². The third kappa shape index (κ3) is 2.62. The van der Waals surface area contributed by atoms with E-state index >= 15 is 0 Å². The summed E-state index contributed by atoms with van der Waals surface area (Å²) < 4.78 is 52.4. The lowest BCUT2D eigenvalue weighted by Crippen LogP contribution is -2.32. The molecular formula is C11H14F2N2O2S. The van der Waals surface area contributed by atoms with Gasteiger partial charge in [0.15, 0.2) is 0 Å². The lowest BCUT2D eigenvalue weighted by atomic mass is 9.86. The molecule has 1 aliphatic rings. The smallest absolute Gasteiger partial charge is 0.243 e. The SMILES string of the molecule is Nc1cc(S(=O)(=O)NCC2CCC2)c(F)cc1F. The fourth-order valence-corrected chi connectivity index (χ4v) is 2.96. The van der Waals surface area contributed by atoms with E-state index in [2.05, 4.69) is 4.72 Å². The Hall–Kier alpha value is -1.21. The van der Waals surface area contributed by atoms with Gasteiger partial charge in [-0.3, -0.25) is 0 Å². The van der Waals surface area contributed by atoms with E-state index in [-0.39, 0.29) is 12.2 Å². The van der Waals surface area contributed by atoms with E-state index in [0.717, 1.165) is 25.3 Å². The predicted octanol–water partition coefficient (Wildman–Crippen LogP) is 1.63. The Balaban J connectivity index is 2.20. The van der Waals surface area contributed by atoms with Crippen LogP contribution in [-0.2, 0) is 10.0 Å². The third-order valence-corrected chi connectivity index (χ3v) is 4.57. The van der Waals surface area contributed by atoms with Gasteiger partial charge < -0.3 is 5.73 Å². The summed E-state index contributed by atoms with van der Waals surface area (Å²) in [6.45, 7) is 0.277. The molecule has 0 amide bonds. The number of hydrogen-bond acceptors (Lipinski definition) is 3. The molecule has 0 aromatic heterocycles. The molecule has 0 heterocycles. The van der Waals surface area contributed by atoms with Crippen LogP contribution in [0.5, 0.6) is 0 Å². The van der Waals surface area contributed by atoms with Crippen molar-refractivity contribution < 1.29 is 17.2 Å². The summed E-state index contributed by atoms with van der Waals surface area (Å²) in [6, 6.07) is 1.28. The fourth-order valence-electron chi connectivity index (χ4n) is 1.75. The molecule has 1 aliphatic carbocycles. The Morgan fingerprint density at radius 1 is 1.28 bits per heavy atom. The highest BCUT2D eigenvalue weighted by Crippen LogP contribution is 2.26. The molecule has 7 heteroatoms. The van der Waals surface area contributed by atoms with Gasteiger partial charge in [-0.2, -0.15) is 0 Å². The number of benzene rings is 1. The van der Waals surface area contributed by atoms with Crippen molar-refractivity contribution in [1.29, 1.82) is 0 Å². The van der Waals surface area contributed by atoms with E-state index in [1.165, 1.54) is 0 Å². The van der Waals surface area contributed by atoms with E-state index < -0.39 is 26.6 Å². The van der Waals surface area contributed by atoms with Crippen LogP contribution in [0.1, 0.15) is 19.3 Å². The maximum absolute atomic E-state index is 13.4. The van der Waals surface area contributed by atoms with Crippen molar-refractivity contribution in [1.82, 2.24) is 4.72 Å². The molecule has 18 heavy (non-hydrogen) atoms. The molecule has 0 saturated heterocycles. The van der Waals surface area contributed by atoms with E-state index in [4.69, 9.17) is 5.73 Å². The summed E-state index contributed by atoms with van der Waals surface area (Å²) in [5.74, 6) is -1.80. The molecule has 4 nitrogen and oxygen atoms in total. The second-order valence-electron chi connectivity index (χ2n) is 4.45. The van der Waals surface area contributed by atoms with Crippen molar-refractivity contribution in [2.75, 3.05) is 12.3 Å². The minimum atomic E-state index is -3.97. The Labute approximate surface area is 104 Å². The van der Waals surface area contributed by atoms with Crippen LogP contribution in [0.4, 0.5) is 14.5 Å². The van der Waals surface area contributed by atoms with E-state index in [9.17, 15) is 17.2 Å². The Morgan fingerprint density at radius 3 is 2.50 bits per heavy atom. The number of nitrogens with one attached hydrogen (secondary N) is 1. The quantitative estimate of drug-likeness (QED) is 0.821. The Bertz CT molecular complexity index is 556. The molecule has 0 bridgehead atoms. The van der Waals surface area contributed by atoms with E-state index in [1.54, 1.807) is 0 Å². The van der Waals surface area contributed by atoms with Crippen LogP contribution in [0.25, 0.3) is 0 Å². The van der Waals surface area contributed by atoms with Crippen LogP contribution in [-0.4, -0.2) is 15.0 Å². The standard InChI is InChI=1S/C11H14F2N2O2S/c12-8-4-9(13)11(5-10(8)14)18(16,17)15-6-7-2-1-3-7/h4-5,7,15H,1-3,6,14H2. The maximum Gasteiger partial charge on any atom is 0.243 e. The number of hydrogen-bond donors (Lipinski definition) is 2. The first-order valence-electron chi connectivity index (χ1n) is 5.64. The number of rotatable bonds is 4. The molecule has 1 aromatic rings. The van der Waals surface area contributed by atoms with Crippen molar-refractivity contribution in [3.8, 4) is 0 Å². The van der Waals surface area contributed by atoms with Crippen molar-refractivity contribution in [3.05, 3.63) is 23.8 Å². The van der Waals surface area contributed by atoms with Crippen LogP contribution in [0.3, 0.4) is 0 Å². The average molecular weight is 276 g/mol. The predicted molar refractivity (Wildman–Crippen MR) is 63.3 cm³/mol. The Morgan fingerprint density at radius 2 is 1.94 bits per heavy atom. The van der Waals surface area contributed by atoms with Gasteiger partial charge in [-0.1, -0.05) is 6.42 Å². The number of sulfonamides is 1. The van der Waals surface area contributed by atoms with Crippen LogP contribution in [0, 0.1) is 17.6 Å². The minimum Gasteiger partial charge on any atom is -0.396 e. The van der Waals surface area contributed by atoms with Gasteiger partial charge in [-0.05, 0) is 24.8 Å². The molecule has 0 aliphatic heterocycles. The zero-order valence-corrected chi connectivity index (χ0v) is 10.4. The monoisotopic (exact) mass is 276 g/mol. The molecule has 2 rings (SSSR count). The number of nitrogens with two attached hydrogens (primary N) is 1. The average Bonchev–Trinajstić information content (AvgIpc) is 2.20. The summed E-state index contributed by atoms with van der Waals surface area (Å²) in [6.07, 6.45) is 3.03. The van der Waals surface area contributed by atoms with E-state index in [1.807, 2.05) is 0 Å². The highest BCUT2D eigenvalue weighted by molar-refractivity contribution is 7.89. The molecule has 0 spiro atoms. The molecule has 0 atom stereocenters. The zero-order valence-electron chi connectivity index (χ0n) is 9.62. The van der Waals surface area contributed by atoms with Crippen molar-refractivity contribution >= 4 is 15.7 Å². The molecule has 1 fully saturated rings. The third-order valence-electron chi connectivity index (χ3n) is 3.13. The largest absolute Gasteiger partial charge is 0.396 e. The minimum absolute atomic E-state index is 0.277. The highest BCUT2D eigenvalue weighted by Gasteiger charge is 2.24. The summed E-state index contributed by atoms with van der Waals surface area (Å²) >= 11 is 0. The van der Waals surface area contributed by atoms with Gasteiger partial charge in [0.05, 0.1) is 5.69 Å². The lowest BCUT2D eigenvalue weighted by Gasteiger charge is -2.25. The van der Waals surface area contributed by atoms with Crippen LogP contribution >= 0.6 is 0 Å². The first-order chi connectivity index (χ1) is 8.40. The van der Waals surface area contributed by atoms with Gasteiger partial charge in [0, 0.05) is 12.6 Å². The number of halogens is 2.